The first-order valence-electron chi connectivity index (χ1n) is 11.0. The summed E-state index contributed by atoms with van der Waals surface area (Å²) in [4.78, 5) is 30.4. The smallest absolute Gasteiger partial charge is 0.258 e. The van der Waals surface area contributed by atoms with Gasteiger partial charge in [-0.15, -0.1) is 0 Å². The molecule has 0 saturated carbocycles. The van der Waals surface area contributed by atoms with Crippen molar-refractivity contribution in [2.75, 3.05) is 30.6 Å². The van der Waals surface area contributed by atoms with Gasteiger partial charge in [0.15, 0.2) is 0 Å². The van der Waals surface area contributed by atoms with E-state index in [0.717, 1.165) is 16.9 Å². The lowest BCUT2D eigenvalue weighted by Crippen LogP contribution is -2.48. The van der Waals surface area contributed by atoms with Crippen LogP contribution in [0, 0.1) is 0 Å². The molecular weight excluding hydrogens is 416 g/mol. The van der Waals surface area contributed by atoms with Crippen LogP contribution in [0.2, 0.25) is 0 Å². The molecule has 0 aliphatic carbocycles. The van der Waals surface area contributed by atoms with Gasteiger partial charge in [-0.3, -0.25) is 9.59 Å². The Kier molecular flexibility index (Phi) is 6.75. The minimum absolute atomic E-state index is 0.0194. The van der Waals surface area contributed by atoms with Crippen molar-refractivity contribution >= 4 is 23.2 Å². The van der Waals surface area contributed by atoms with Crippen LogP contribution in [0.15, 0.2) is 78.9 Å². The van der Waals surface area contributed by atoms with Crippen LogP contribution in [0.3, 0.4) is 0 Å². The molecule has 170 valence electrons. The fourth-order valence-corrected chi connectivity index (χ4v) is 4.51. The number of carbonyl (C=O) groups excluding carboxylic acids is 2. The van der Waals surface area contributed by atoms with Gasteiger partial charge in [0.2, 0.25) is 0 Å². The SMILES string of the molecule is COCC(=O)N(c1ccccc1)[C@@H]1C[C@H](C)N(C(=O)c2cccc(OC)c2)c2ccccc21. The van der Waals surface area contributed by atoms with E-state index in [-0.39, 0.29) is 30.5 Å². The second-order valence-corrected chi connectivity index (χ2v) is 8.10. The zero-order chi connectivity index (χ0) is 23.4. The highest BCUT2D eigenvalue weighted by molar-refractivity contribution is 6.08. The predicted molar refractivity (Wildman–Crippen MR) is 129 cm³/mol. The highest BCUT2D eigenvalue weighted by atomic mass is 16.5. The molecule has 2 atom stereocenters. The molecule has 3 aromatic carbocycles. The van der Waals surface area contributed by atoms with E-state index in [4.69, 9.17) is 9.47 Å². The molecule has 0 unspecified atom stereocenters. The molecule has 0 fully saturated rings. The van der Waals surface area contributed by atoms with Gasteiger partial charge in [-0.05, 0) is 55.3 Å². The topological polar surface area (TPSA) is 59.1 Å². The first-order valence-corrected chi connectivity index (χ1v) is 11.0. The first-order chi connectivity index (χ1) is 16.0. The van der Waals surface area contributed by atoms with E-state index in [0.29, 0.717) is 17.7 Å². The second-order valence-electron chi connectivity index (χ2n) is 8.10. The van der Waals surface area contributed by atoms with E-state index in [1.54, 1.807) is 24.1 Å². The van der Waals surface area contributed by atoms with Crippen LogP contribution in [0.25, 0.3) is 0 Å². The van der Waals surface area contributed by atoms with Gasteiger partial charge in [-0.1, -0.05) is 42.5 Å². The molecule has 6 nitrogen and oxygen atoms in total. The number of para-hydroxylation sites is 2. The van der Waals surface area contributed by atoms with E-state index in [2.05, 4.69) is 0 Å². The third-order valence-electron chi connectivity index (χ3n) is 5.98. The molecule has 4 rings (SSSR count). The monoisotopic (exact) mass is 444 g/mol. The summed E-state index contributed by atoms with van der Waals surface area (Å²) < 4.78 is 10.5. The highest BCUT2D eigenvalue weighted by Crippen LogP contribution is 2.42. The number of carbonyl (C=O) groups is 2. The number of methoxy groups -OCH3 is 2. The van der Waals surface area contributed by atoms with E-state index in [9.17, 15) is 9.59 Å². The summed E-state index contributed by atoms with van der Waals surface area (Å²) in [5, 5.41) is 0. The molecule has 3 aromatic rings. The van der Waals surface area contributed by atoms with Gasteiger partial charge in [-0.25, -0.2) is 0 Å². The first kappa shape index (κ1) is 22.6. The maximum absolute atomic E-state index is 13.6. The Hall–Kier alpha value is -3.64. The minimum atomic E-state index is -0.226. The molecule has 1 aliphatic heterocycles. The maximum atomic E-state index is 13.6. The Morgan fingerprint density at radius 2 is 1.70 bits per heavy atom. The van der Waals surface area contributed by atoms with Crippen molar-refractivity contribution in [1.29, 1.82) is 0 Å². The summed E-state index contributed by atoms with van der Waals surface area (Å²) in [5.74, 6) is 0.419. The Balaban J connectivity index is 1.77. The quantitative estimate of drug-likeness (QED) is 0.545. The van der Waals surface area contributed by atoms with Crippen molar-refractivity contribution in [1.82, 2.24) is 0 Å². The number of hydrogen-bond acceptors (Lipinski definition) is 4. The van der Waals surface area contributed by atoms with Gasteiger partial charge in [-0.2, -0.15) is 0 Å². The lowest BCUT2D eigenvalue weighted by Gasteiger charge is -2.43. The summed E-state index contributed by atoms with van der Waals surface area (Å²) in [6.07, 6.45) is 0.594. The van der Waals surface area contributed by atoms with Crippen molar-refractivity contribution in [2.45, 2.75) is 25.4 Å². The normalized spacial score (nSPS) is 17.2. The summed E-state index contributed by atoms with van der Waals surface area (Å²) >= 11 is 0. The number of ether oxygens (including phenoxy) is 2. The lowest BCUT2D eigenvalue weighted by molar-refractivity contribution is -0.122. The largest absolute Gasteiger partial charge is 0.497 e. The number of benzene rings is 3. The second kappa shape index (κ2) is 9.88. The highest BCUT2D eigenvalue weighted by Gasteiger charge is 2.38. The van der Waals surface area contributed by atoms with Crippen molar-refractivity contribution in [3.63, 3.8) is 0 Å². The van der Waals surface area contributed by atoms with Crippen LogP contribution >= 0.6 is 0 Å². The molecule has 1 aliphatic rings. The molecule has 0 saturated heterocycles. The van der Waals surface area contributed by atoms with Crippen molar-refractivity contribution in [3.8, 4) is 5.75 Å². The van der Waals surface area contributed by atoms with Gasteiger partial charge in [0.25, 0.3) is 11.8 Å². The Labute approximate surface area is 194 Å². The number of amides is 2. The average Bonchev–Trinajstić information content (AvgIpc) is 2.85. The zero-order valence-electron chi connectivity index (χ0n) is 19.1. The predicted octanol–water partition coefficient (Wildman–Crippen LogP) is 4.85. The molecule has 0 N–H and O–H groups in total. The summed E-state index contributed by atoms with van der Waals surface area (Å²) in [6, 6.07) is 24.2. The van der Waals surface area contributed by atoms with Gasteiger partial charge in [0.1, 0.15) is 12.4 Å². The molecule has 6 heteroatoms. The molecular formula is C27H28N2O4. The third kappa shape index (κ3) is 4.47. The summed E-state index contributed by atoms with van der Waals surface area (Å²) in [5.41, 5.74) is 3.10. The van der Waals surface area contributed by atoms with Gasteiger partial charge >= 0.3 is 0 Å². The Bertz CT molecular complexity index is 1130. The van der Waals surface area contributed by atoms with Gasteiger partial charge < -0.3 is 19.3 Å². The molecule has 0 aromatic heterocycles. The molecule has 0 radical (unpaired) electrons. The van der Waals surface area contributed by atoms with Crippen molar-refractivity contribution in [3.05, 3.63) is 90.0 Å². The number of hydrogen-bond donors (Lipinski definition) is 0. The van der Waals surface area contributed by atoms with Crippen LogP contribution in [0.4, 0.5) is 11.4 Å². The molecule has 1 heterocycles. The number of rotatable bonds is 6. The molecule has 0 spiro atoms. The van der Waals surface area contributed by atoms with E-state index in [1.807, 2.05) is 78.6 Å². The summed E-state index contributed by atoms with van der Waals surface area (Å²) in [6.45, 7) is 2.00. The Morgan fingerprint density at radius 1 is 0.970 bits per heavy atom. The van der Waals surface area contributed by atoms with E-state index >= 15 is 0 Å². The third-order valence-corrected chi connectivity index (χ3v) is 5.98. The zero-order valence-corrected chi connectivity index (χ0v) is 19.1. The van der Waals surface area contributed by atoms with Crippen LogP contribution in [0.1, 0.15) is 35.3 Å². The van der Waals surface area contributed by atoms with E-state index in [1.165, 1.54) is 7.11 Å². The molecule has 0 bridgehead atoms. The number of anilines is 2. The van der Waals surface area contributed by atoms with E-state index < -0.39 is 0 Å². The molecule has 2 amide bonds. The van der Waals surface area contributed by atoms with Crippen molar-refractivity contribution < 1.29 is 19.1 Å². The fraction of sp³-hybridized carbons (Fsp3) is 0.259. The lowest BCUT2D eigenvalue weighted by atomic mass is 9.89. The Morgan fingerprint density at radius 3 is 2.42 bits per heavy atom. The fourth-order valence-electron chi connectivity index (χ4n) is 4.51. The van der Waals surface area contributed by atoms with Crippen LogP contribution in [-0.4, -0.2) is 38.7 Å². The van der Waals surface area contributed by atoms with Gasteiger partial charge in [0.05, 0.1) is 13.2 Å². The average molecular weight is 445 g/mol. The number of fused-ring (bicyclic) bond motifs is 1. The molecule has 33 heavy (non-hydrogen) atoms. The van der Waals surface area contributed by atoms with Crippen LogP contribution < -0.4 is 14.5 Å². The summed E-state index contributed by atoms with van der Waals surface area (Å²) in [7, 11) is 3.11. The maximum Gasteiger partial charge on any atom is 0.258 e. The van der Waals surface area contributed by atoms with Crippen LogP contribution in [0.5, 0.6) is 5.75 Å². The standard InChI is InChI=1S/C27H28N2O4/c1-19-16-25(29(26(30)18-32-2)21-11-5-4-6-12-21)23-14-7-8-15-24(23)28(19)27(31)20-10-9-13-22(17-20)33-3/h4-15,17,19,25H,16,18H2,1-3H3/t19-,25+/m0/s1. The minimum Gasteiger partial charge on any atom is -0.497 e. The van der Waals surface area contributed by atoms with Crippen molar-refractivity contribution in [2.24, 2.45) is 0 Å². The van der Waals surface area contributed by atoms with Gasteiger partial charge in [0, 0.05) is 30.1 Å². The van der Waals surface area contributed by atoms with Crippen LogP contribution in [-0.2, 0) is 9.53 Å². The number of nitrogens with zero attached hydrogens (tertiary/aromatic N) is 2.